The van der Waals surface area contributed by atoms with E-state index in [1.54, 1.807) is 19.9 Å². The van der Waals surface area contributed by atoms with Crippen molar-refractivity contribution in [3.05, 3.63) is 28.3 Å². The first-order chi connectivity index (χ1) is 7.90. The highest BCUT2D eigenvalue weighted by Gasteiger charge is 2.22. The molecule has 17 heavy (non-hydrogen) atoms. The van der Waals surface area contributed by atoms with Gasteiger partial charge in [-0.15, -0.1) is 11.3 Å². The van der Waals surface area contributed by atoms with E-state index >= 15 is 0 Å². The summed E-state index contributed by atoms with van der Waals surface area (Å²) in [5.74, 6) is 0.533. The predicted octanol–water partition coefficient (Wildman–Crippen LogP) is 2.43. The Balaban J connectivity index is 2.33. The second-order valence-electron chi connectivity index (χ2n) is 3.57. The molecule has 0 saturated carbocycles. The smallest absolute Gasteiger partial charge is 0.350 e. The van der Waals surface area contributed by atoms with Gasteiger partial charge in [0.25, 0.3) is 5.88 Å². The Morgan fingerprint density at radius 3 is 2.47 bits per heavy atom. The zero-order chi connectivity index (χ0) is 12.6. The maximum Gasteiger partial charge on any atom is 0.350 e. The summed E-state index contributed by atoms with van der Waals surface area (Å²) < 4.78 is 33.7. The molecule has 92 valence electrons. The van der Waals surface area contributed by atoms with E-state index in [-0.39, 0.29) is 10.1 Å². The van der Waals surface area contributed by atoms with Gasteiger partial charge >= 0.3 is 10.1 Å². The molecule has 0 aliphatic heterocycles. The Labute approximate surface area is 103 Å². The van der Waals surface area contributed by atoms with Crippen molar-refractivity contribution >= 4 is 21.5 Å². The van der Waals surface area contributed by atoms with Gasteiger partial charge in [-0.05, 0) is 38.1 Å². The van der Waals surface area contributed by atoms with Crippen molar-refractivity contribution in [3.8, 4) is 5.88 Å². The molecule has 2 heterocycles. The maximum atomic E-state index is 11.9. The molecular formula is C10H11NO4S2. The molecule has 5 nitrogen and oxygen atoms in total. The van der Waals surface area contributed by atoms with Gasteiger partial charge in [0.2, 0.25) is 0 Å². The van der Waals surface area contributed by atoms with Crippen LogP contribution in [0.5, 0.6) is 5.88 Å². The molecule has 0 saturated heterocycles. The van der Waals surface area contributed by atoms with Crippen LogP contribution in [0.3, 0.4) is 0 Å². The van der Waals surface area contributed by atoms with Crippen LogP contribution in [0.2, 0.25) is 0 Å². The monoisotopic (exact) mass is 273 g/mol. The first-order valence-electron chi connectivity index (χ1n) is 4.84. The minimum Gasteiger partial charge on any atom is -0.358 e. The zero-order valence-corrected chi connectivity index (χ0v) is 11.2. The molecule has 0 aliphatic rings. The van der Waals surface area contributed by atoms with Crippen molar-refractivity contribution in [2.24, 2.45) is 0 Å². The van der Waals surface area contributed by atoms with Gasteiger partial charge in [0.05, 0.1) is 5.56 Å². The number of hydrogen-bond acceptors (Lipinski definition) is 6. The standard InChI is InChI=1S/C10H11NO4S2/c1-6-4-5-9(16-6)17(12,13)15-10-7(2)8(3)14-11-10/h4-5H,1-3H3. The molecule has 0 spiro atoms. The number of nitrogens with zero attached hydrogens (tertiary/aromatic N) is 1. The fraction of sp³-hybridized carbons (Fsp3) is 0.300. The summed E-state index contributed by atoms with van der Waals surface area (Å²) in [5, 5.41) is 3.56. The third kappa shape index (κ3) is 2.34. The highest BCUT2D eigenvalue weighted by molar-refractivity contribution is 7.89. The van der Waals surface area contributed by atoms with Crippen LogP contribution in [0.4, 0.5) is 0 Å². The fourth-order valence-electron chi connectivity index (χ4n) is 1.17. The molecular weight excluding hydrogens is 262 g/mol. The zero-order valence-electron chi connectivity index (χ0n) is 9.55. The summed E-state index contributed by atoms with van der Waals surface area (Å²) >= 11 is 1.16. The first-order valence-corrected chi connectivity index (χ1v) is 7.06. The number of thiophene rings is 1. The summed E-state index contributed by atoms with van der Waals surface area (Å²) in [6.45, 7) is 5.21. The van der Waals surface area contributed by atoms with Crippen molar-refractivity contribution < 1.29 is 17.1 Å². The van der Waals surface area contributed by atoms with Gasteiger partial charge in [-0.2, -0.15) is 8.42 Å². The lowest BCUT2D eigenvalue weighted by atomic mass is 10.3. The molecule has 2 aromatic rings. The normalized spacial score (nSPS) is 11.7. The molecule has 2 rings (SSSR count). The number of hydrogen-bond donors (Lipinski definition) is 0. The van der Waals surface area contributed by atoms with Crippen molar-refractivity contribution in [2.45, 2.75) is 25.0 Å². The Morgan fingerprint density at radius 2 is 2.00 bits per heavy atom. The van der Waals surface area contributed by atoms with Gasteiger partial charge in [0.1, 0.15) is 5.76 Å². The van der Waals surface area contributed by atoms with E-state index in [0.29, 0.717) is 11.3 Å². The molecule has 7 heteroatoms. The molecule has 0 N–H and O–H groups in total. The van der Waals surface area contributed by atoms with Crippen molar-refractivity contribution in [3.63, 3.8) is 0 Å². The van der Waals surface area contributed by atoms with Crippen LogP contribution in [0.15, 0.2) is 20.9 Å². The van der Waals surface area contributed by atoms with E-state index in [1.807, 2.05) is 6.92 Å². The summed E-state index contributed by atoms with van der Waals surface area (Å²) in [4.78, 5) is 0.903. The Kier molecular flexibility index (Phi) is 2.96. The van der Waals surface area contributed by atoms with Crippen LogP contribution >= 0.6 is 11.3 Å². The number of rotatable bonds is 3. The average molecular weight is 273 g/mol. The summed E-state index contributed by atoms with van der Waals surface area (Å²) in [5.41, 5.74) is 0.585. The maximum absolute atomic E-state index is 11.9. The minimum absolute atomic E-state index is 0.00597. The third-order valence-corrected chi connectivity index (χ3v) is 4.93. The van der Waals surface area contributed by atoms with E-state index in [1.165, 1.54) is 6.07 Å². The molecule has 0 aromatic carbocycles. The van der Waals surface area contributed by atoms with Crippen LogP contribution in [0, 0.1) is 20.8 Å². The van der Waals surface area contributed by atoms with Gasteiger partial charge in [-0.1, -0.05) is 0 Å². The van der Waals surface area contributed by atoms with E-state index < -0.39 is 10.1 Å². The highest BCUT2D eigenvalue weighted by atomic mass is 32.3. The molecule has 0 aliphatic carbocycles. The first kappa shape index (κ1) is 12.1. The molecule has 0 unspecified atom stereocenters. The van der Waals surface area contributed by atoms with Crippen molar-refractivity contribution in [1.29, 1.82) is 0 Å². The quantitative estimate of drug-likeness (QED) is 0.803. The SMILES string of the molecule is Cc1ccc(S(=O)(=O)Oc2noc(C)c2C)s1. The van der Waals surface area contributed by atoms with Crippen LogP contribution in [0.25, 0.3) is 0 Å². The largest absolute Gasteiger partial charge is 0.358 e. The average Bonchev–Trinajstić information content (AvgIpc) is 2.80. The second-order valence-corrected chi connectivity index (χ2v) is 6.63. The molecule has 0 atom stereocenters. The lowest BCUT2D eigenvalue weighted by molar-refractivity contribution is 0.369. The van der Waals surface area contributed by atoms with E-state index in [0.717, 1.165) is 16.2 Å². The minimum atomic E-state index is -3.81. The second kappa shape index (κ2) is 4.15. The molecule has 0 bridgehead atoms. The molecule has 0 radical (unpaired) electrons. The number of aryl methyl sites for hydroxylation is 2. The topological polar surface area (TPSA) is 69.4 Å². The Hall–Kier alpha value is -1.34. The van der Waals surface area contributed by atoms with Gasteiger partial charge in [-0.25, -0.2) is 0 Å². The van der Waals surface area contributed by atoms with Gasteiger partial charge in [0, 0.05) is 4.88 Å². The van der Waals surface area contributed by atoms with Crippen LogP contribution in [0.1, 0.15) is 16.2 Å². The summed E-state index contributed by atoms with van der Waals surface area (Å²) in [6.07, 6.45) is 0. The van der Waals surface area contributed by atoms with Crippen LogP contribution in [-0.4, -0.2) is 13.6 Å². The van der Waals surface area contributed by atoms with Gasteiger partial charge in [-0.3, -0.25) is 0 Å². The van der Waals surface area contributed by atoms with Gasteiger partial charge in [0.15, 0.2) is 4.21 Å². The van der Waals surface area contributed by atoms with Crippen molar-refractivity contribution in [2.75, 3.05) is 0 Å². The number of aromatic nitrogens is 1. The summed E-state index contributed by atoms with van der Waals surface area (Å²) in [6, 6.07) is 3.24. The molecule has 0 amide bonds. The van der Waals surface area contributed by atoms with Crippen LogP contribution in [-0.2, 0) is 10.1 Å². The lowest BCUT2D eigenvalue weighted by Gasteiger charge is -2.01. The van der Waals surface area contributed by atoms with E-state index in [2.05, 4.69) is 5.16 Å². The van der Waals surface area contributed by atoms with Gasteiger partial charge < -0.3 is 8.71 Å². The lowest BCUT2D eigenvalue weighted by Crippen LogP contribution is -2.08. The highest BCUT2D eigenvalue weighted by Crippen LogP contribution is 2.26. The predicted molar refractivity (Wildman–Crippen MR) is 62.8 cm³/mol. The van der Waals surface area contributed by atoms with Crippen molar-refractivity contribution in [1.82, 2.24) is 5.16 Å². The van der Waals surface area contributed by atoms with E-state index in [9.17, 15) is 8.42 Å². The third-order valence-electron chi connectivity index (χ3n) is 2.27. The summed E-state index contributed by atoms with van der Waals surface area (Å²) in [7, 11) is -3.81. The van der Waals surface area contributed by atoms with E-state index in [4.69, 9.17) is 8.71 Å². The molecule has 2 aromatic heterocycles. The fourth-order valence-corrected chi connectivity index (χ4v) is 3.34. The molecule has 0 fully saturated rings. The van der Waals surface area contributed by atoms with Crippen LogP contribution < -0.4 is 4.18 Å². The Bertz CT molecular complexity index is 639. The Morgan fingerprint density at radius 1 is 1.29 bits per heavy atom.